The van der Waals surface area contributed by atoms with E-state index in [1.165, 1.54) is 50.7 Å². The molecule has 0 unspecified atom stereocenters. The minimum absolute atomic E-state index is 0.515. The lowest BCUT2D eigenvalue weighted by Crippen LogP contribution is -2.04. The zero-order valence-electron chi connectivity index (χ0n) is 22.2. The summed E-state index contributed by atoms with van der Waals surface area (Å²) in [7, 11) is 0. The van der Waals surface area contributed by atoms with Crippen molar-refractivity contribution < 1.29 is 20.4 Å². The average Bonchev–Trinajstić information content (AvgIpc) is 2.88. The molecule has 36 heavy (non-hydrogen) atoms. The van der Waals surface area contributed by atoms with Crippen molar-refractivity contribution in [2.45, 2.75) is 127 Å². The fourth-order valence-electron chi connectivity index (χ4n) is 3.75. The zero-order chi connectivity index (χ0) is 26.7. The maximum atomic E-state index is 9.79. The van der Waals surface area contributed by atoms with Gasteiger partial charge in [0, 0.05) is 0 Å². The first-order valence-corrected chi connectivity index (χ1v) is 13.8. The van der Waals surface area contributed by atoms with Crippen LogP contribution < -0.4 is 0 Å². The smallest absolute Gasteiger partial charge is 0.133 e. The second kappa shape index (κ2) is 26.0. The third-order valence-corrected chi connectivity index (χ3v) is 5.97. The Hall–Kier alpha value is -2.08. The molecule has 0 heterocycles. The third-order valence-electron chi connectivity index (χ3n) is 5.97. The molecule has 0 aromatic heterocycles. The second-order valence-corrected chi connectivity index (χ2v) is 9.35. The summed E-state index contributed by atoms with van der Waals surface area (Å²) in [6.45, 7) is 0. The largest absolute Gasteiger partial charge is 0.389 e. The molecule has 0 aliphatic heterocycles. The average molecular weight is 499 g/mol. The molecular formula is C32H50O4. The van der Waals surface area contributed by atoms with Gasteiger partial charge >= 0.3 is 0 Å². The zero-order valence-corrected chi connectivity index (χ0v) is 22.2. The highest BCUT2D eigenvalue weighted by Crippen LogP contribution is 2.12. The van der Waals surface area contributed by atoms with E-state index in [1.54, 1.807) is 12.2 Å². The van der Waals surface area contributed by atoms with E-state index in [2.05, 4.69) is 36.1 Å². The van der Waals surface area contributed by atoms with E-state index in [-0.39, 0.29) is 0 Å². The van der Waals surface area contributed by atoms with Crippen molar-refractivity contribution in [3.63, 3.8) is 0 Å². The monoisotopic (exact) mass is 498 g/mol. The number of aliphatic hydroxyl groups excluding tert-OH is 4. The van der Waals surface area contributed by atoms with Crippen LogP contribution in [0.2, 0.25) is 0 Å². The van der Waals surface area contributed by atoms with Crippen LogP contribution in [0.5, 0.6) is 0 Å². The maximum Gasteiger partial charge on any atom is 0.133 e. The van der Waals surface area contributed by atoms with Crippen molar-refractivity contribution in [1.82, 2.24) is 0 Å². The Labute approximate surface area is 220 Å². The number of hydrogen-bond acceptors (Lipinski definition) is 4. The number of unbranched alkanes of at least 4 members (excludes halogenated alkanes) is 11. The van der Waals surface area contributed by atoms with Crippen molar-refractivity contribution in [2.75, 3.05) is 0 Å². The number of allylic oxidation sites excluding steroid dienone is 4. The Morgan fingerprint density at radius 2 is 0.833 bits per heavy atom. The summed E-state index contributed by atoms with van der Waals surface area (Å²) in [5.74, 6) is 4.38. The molecule has 0 bridgehead atoms. The quantitative estimate of drug-likeness (QED) is 0.0772. The van der Waals surface area contributed by atoms with E-state index in [4.69, 9.17) is 12.8 Å². The van der Waals surface area contributed by atoms with Crippen LogP contribution in [0.4, 0.5) is 0 Å². The Morgan fingerprint density at radius 3 is 1.25 bits per heavy atom. The van der Waals surface area contributed by atoms with Crippen LogP contribution in [0, 0.1) is 24.7 Å². The van der Waals surface area contributed by atoms with E-state index in [0.29, 0.717) is 6.42 Å². The maximum absolute atomic E-state index is 9.79. The van der Waals surface area contributed by atoms with Gasteiger partial charge in [0.1, 0.15) is 12.2 Å². The lowest BCUT2D eigenvalue weighted by Gasteiger charge is -2.06. The fourth-order valence-corrected chi connectivity index (χ4v) is 3.75. The van der Waals surface area contributed by atoms with Gasteiger partial charge in [0.25, 0.3) is 0 Å². The SMILES string of the molecule is C#C[C@@H](O)/C=C/[C@H](O)CCCCC/C=C\C/C=C\CCCCCCCCCC[C@@H](O)/C=C/[C@H](O)C#C. The van der Waals surface area contributed by atoms with E-state index < -0.39 is 24.4 Å². The van der Waals surface area contributed by atoms with Crippen molar-refractivity contribution in [1.29, 1.82) is 0 Å². The third kappa shape index (κ3) is 25.0. The van der Waals surface area contributed by atoms with Crippen LogP contribution in [-0.4, -0.2) is 44.8 Å². The Kier molecular flexibility index (Phi) is 24.5. The van der Waals surface area contributed by atoms with Crippen molar-refractivity contribution in [3.8, 4) is 24.7 Å². The van der Waals surface area contributed by atoms with Gasteiger partial charge in [0.05, 0.1) is 12.2 Å². The molecule has 0 saturated carbocycles. The lowest BCUT2D eigenvalue weighted by molar-refractivity contribution is 0.204. The van der Waals surface area contributed by atoms with Crippen molar-refractivity contribution >= 4 is 0 Å². The first-order valence-electron chi connectivity index (χ1n) is 13.8. The molecule has 4 heteroatoms. The molecule has 0 aromatic rings. The van der Waals surface area contributed by atoms with Crippen LogP contribution in [0.3, 0.4) is 0 Å². The number of rotatable bonds is 23. The molecule has 202 valence electrons. The van der Waals surface area contributed by atoms with Crippen LogP contribution in [-0.2, 0) is 0 Å². The number of terminal acetylenes is 2. The van der Waals surface area contributed by atoms with Crippen LogP contribution >= 0.6 is 0 Å². The van der Waals surface area contributed by atoms with Gasteiger partial charge < -0.3 is 20.4 Å². The van der Waals surface area contributed by atoms with Crippen molar-refractivity contribution in [2.24, 2.45) is 0 Å². The van der Waals surface area contributed by atoms with E-state index >= 15 is 0 Å². The summed E-state index contributed by atoms with van der Waals surface area (Å²) < 4.78 is 0. The molecule has 0 aliphatic carbocycles. The summed E-state index contributed by atoms with van der Waals surface area (Å²) in [5, 5.41) is 38.0. The molecule has 0 aromatic carbocycles. The topological polar surface area (TPSA) is 80.9 Å². The summed E-state index contributed by atoms with van der Waals surface area (Å²) in [4.78, 5) is 0. The Morgan fingerprint density at radius 1 is 0.472 bits per heavy atom. The molecule has 0 rings (SSSR count). The Bertz CT molecular complexity index is 692. The van der Waals surface area contributed by atoms with E-state index in [9.17, 15) is 20.4 Å². The molecule has 4 N–H and O–H groups in total. The van der Waals surface area contributed by atoms with Crippen LogP contribution in [0.15, 0.2) is 48.6 Å². The summed E-state index contributed by atoms with van der Waals surface area (Å²) in [6.07, 6.45) is 39.9. The van der Waals surface area contributed by atoms with Gasteiger partial charge in [-0.1, -0.05) is 106 Å². The van der Waals surface area contributed by atoms with Gasteiger partial charge in [-0.2, -0.15) is 0 Å². The second-order valence-electron chi connectivity index (χ2n) is 9.35. The molecule has 0 amide bonds. The molecule has 0 radical (unpaired) electrons. The molecule has 0 fully saturated rings. The highest BCUT2D eigenvalue weighted by atomic mass is 16.3. The number of aliphatic hydroxyl groups is 4. The standard InChI is InChI=1S/C32H50O4/c1-3-29(33)25-27-31(35)23-21-19-17-15-13-11-9-7-5-6-8-10-12-14-16-18-20-22-24-32(36)28-26-30(34)4-2/h1-2,5,7,11,13,25-36H,6,8-10,12,14-24H2/b7-5-,13-11-,27-25+,28-26+/t29-,30-,31-,32-/m1/s1. The summed E-state index contributed by atoms with van der Waals surface area (Å²) >= 11 is 0. The summed E-state index contributed by atoms with van der Waals surface area (Å²) in [5.41, 5.74) is 0. The Balaban J connectivity index is 3.41. The predicted molar refractivity (Wildman–Crippen MR) is 152 cm³/mol. The molecule has 0 spiro atoms. The van der Waals surface area contributed by atoms with Crippen molar-refractivity contribution in [3.05, 3.63) is 48.6 Å². The van der Waals surface area contributed by atoms with Gasteiger partial charge in [0.15, 0.2) is 0 Å². The highest BCUT2D eigenvalue weighted by Gasteiger charge is 2.01. The minimum Gasteiger partial charge on any atom is -0.389 e. The predicted octanol–water partition coefficient (Wildman–Crippen LogP) is 6.16. The molecule has 0 saturated heterocycles. The first kappa shape index (κ1) is 33.9. The van der Waals surface area contributed by atoms with Gasteiger partial charge in [-0.3, -0.25) is 0 Å². The molecule has 4 nitrogen and oxygen atoms in total. The van der Waals surface area contributed by atoms with Gasteiger partial charge in [-0.25, -0.2) is 0 Å². The number of hydrogen-bond donors (Lipinski definition) is 4. The minimum atomic E-state index is -0.912. The van der Waals surface area contributed by atoms with Gasteiger partial charge in [-0.15, -0.1) is 12.8 Å². The molecule has 0 aliphatic rings. The van der Waals surface area contributed by atoms with Gasteiger partial charge in [0.2, 0.25) is 0 Å². The van der Waals surface area contributed by atoms with E-state index in [0.717, 1.165) is 57.8 Å². The van der Waals surface area contributed by atoms with E-state index in [1.807, 2.05) is 0 Å². The van der Waals surface area contributed by atoms with Crippen LogP contribution in [0.25, 0.3) is 0 Å². The highest BCUT2D eigenvalue weighted by molar-refractivity contribution is 5.08. The fraction of sp³-hybridized carbons (Fsp3) is 0.625. The van der Waals surface area contributed by atoms with Crippen LogP contribution in [0.1, 0.15) is 103 Å². The molecule has 4 atom stereocenters. The molecular weight excluding hydrogens is 448 g/mol. The lowest BCUT2D eigenvalue weighted by atomic mass is 10.0. The first-order chi connectivity index (χ1) is 17.5. The summed E-state index contributed by atoms with van der Waals surface area (Å²) in [6, 6.07) is 0. The normalized spacial score (nSPS) is 15.5. The van der Waals surface area contributed by atoms with Gasteiger partial charge in [-0.05, 0) is 57.1 Å².